The van der Waals surface area contributed by atoms with Gasteiger partial charge in [-0.15, -0.1) is 0 Å². The molecule has 6 nitrogen and oxygen atoms in total. The topological polar surface area (TPSA) is 65.4 Å². The summed E-state index contributed by atoms with van der Waals surface area (Å²) in [5.41, 5.74) is 3.97. The summed E-state index contributed by atoms with van der Waals surface area (Å²) >= 11 is 0. The van der Waals surface area contributed by atoms with E-state index in [4.69, 9.17) is 14.6 Å². The Morgan fingerprint density at radius 3 is 2.21 bits per heavy atom. The molecule has 4 aromatic rings. The average Bonchev–Trinajstić information content (AvgIpc) is 3.26. The van der Waals surface area contributed by atoms with Crippen LogP contribution >= 0.6 is 0 Å². The van der Waals surface area contributed by atoms with Crippen LogP contribution < -0.4 is 14.8 Å². The van der Waals surface area contributed by atoms with Crippen molar-refractivity contribution in [3.63, 3.8) is 0 Å². The summed E-state index contributed by atoms with van der Waals surface area (Å²) in [6, 6.07) is 27.5. The Morgan fingerprint density at radius 2 is 1.52 bits per heavy atom. The second kappa shape index (κ2) is 11.0. The van der Waals surface area contributed by atoms with Crippen LogP contribution in [0.5, 0.6) is 11.5 Å². The summed E-state index contributed by atoms with van der Waals surface area (Å²) in [6.45, 7) is 3.36. The highest BCUT2D eigenvalue weighted by molar-refractivity contribution is 5.78. The third-order valence-electron chi connectivity index (χ3n) is 5.06. The van der Waals surface area contributed by atoms with Gasteiger partial charge < -0.3 is 14.8 Å². The third-order valence-corrected chi connectivity index (χ3v) is 5.06. The number of hydrogen-bond acceptors (Lipinski definition) is 4. The van der Waals surface area contributed by atoms with Crippen molar-refractivity contribution in [1.82, 2.24) is 15.1 Å². The summed E-state index contributed by atoms with van der Waals surface area (Å²) in [7, 11) is 0. The lowest BCUT2D eigenvalue weighted by Crippen LogP contribution is -2.28. The van der Waals surface area contributed by atoms with E-state index >= 15 is 0 Å². The second-order valence-corrected chi connectivity index (χ2v) is 7.50. The maximum atomic E-state index is 12.5. The summed E-state index contributed by atoms with van der Waals surface area (Å²) in [5, 5.41) is 7.75. The molecule has 1 amide bonds. The molecule has 6 heteroatoms. The number of aromatic nitrogens is 2. The van der Waals surface area contributed by atoms with Gasteiger partial charge in [-0.05, 0) is 24.6 Å². The molecule has 1 aromatic heterocycles. The molecule has 1 N–H and O–H groups in total. The van der Waals surface area contributed by atoms with Gasteiger partial charge in [0.2, 0.25) is 0 Å². The molecule has 1 heterocycles. The van der Waals surface area contributed by atoms with Crippen LogP contribution in [0.25, 0.3) is 11.3 Å². The largest absolute Gasteiger partial charge is 0.490 e. The molecule has 0 aliphatic carbocycles. The minimum absolute atomic E-state index is 0.0943. The van der Waals surface area contributed by atoms with E-state index in [0.717, 1.165) is 22.4 Å². The van der Waals surface area contributed by atoms with E-state index in [0.29, 0.717) is 31.2 Å². The molecular weight excluding hydrogens is 414 g/mol. The van der Waals surface area contributed by atoms with Crippen molar-refractivity contribution < 1.29 is 14.3 Å². The van der Waals surface area contributed by atoms with Gasteiger partial charge in [0.25, 0.3) is 5.91 Å². The number of carbonyl (C=O) groups is 1. The van der Waals surface area contributed by atoms with Gasteiger partial charge in [-0.1, -0.05) is 72.8 Å². The lowest BCUT2D eigenvalue weighted by molar-refractivity contribution is -0.123. The number of nitrogens with zero attached hydrogens (tertiary/aromatic N) is 2. The van der Waals surface area contributed by atoms with E-state index < -0.39 is 0 Å². The van der Waals surface area contributed by atoms with Crippen LogP contribution in [0, 0.1) is 0 Å². The zero-order valence-electron chi connectivity index (χ0n) is 18.6. The number of rotatable bonds is 10. The zero-order chi connectivity index (χ0) is 22.9. The van der Waals surface area contributed by atoms with Gasteiger partial charge in [-0.3, -0.25) is 9.48 Å². The Kier molecular flexibility index (Phi) is 7.38. The normalized spacial score (nSPS) is 10.6. The highest BCUT2D eigenvalue weighted by atomic mass is 16.5. The lowest BCUT2D eigenvalue weighted by Gasteiger charge is -2.11. The summed E-state index contributed by atoms with van der Waals surface area (Å²) < 4.78 is 13.1. The van der Waals surface area contributed by atoms with Crippen molar-refractivity contribution >= 4 is 5.91 Å². The molecular formula is C27H27N3O3. The van der Waals surface area contributed by atoms with Gasteiger partial charge >= 0.3 is 0 Å². The number of benzene rings is 3. The molecule has 0 saturated heterocycles. The molecule has 0 unspecified atom stereocenters. The Hall–Kier alpha value is -4.06. The molecule has 0 saturated carbocycles. The molecule has 0 aliphatic rings. The van der Waals surface area contributed by atoms with Crippen LogP contribution in [0.3, 0.4) is 0 Å². The van der Waals surface area contributed by atoms with Crippen LogP contribution in [0.1, 0.15) is 18.1 Å². The highest BCUT2D eigenvalue weighted by Crippen LogP contribution is 2.26. The Bertz CT molecular complexity index is 1170. The van der Waals surface area contributed by atoms with Gasteiger partial charge in [-0.2, -0.15) is 5.10 Å². The summed E-state index contributed by atoms with van der Waals surface area (Å²) in [5.74, 6) is 0.965. The fraction of sp³-hybridized carbons (Fsp3) is 0.185. The molecule has 0 bridgehead atoms. The van der Waals surface area contributed by atoms with E-state index in [1.165, 1.54) is 0 Å². The standard InChI is InChI=1S/C27H27N3O3/c1-2-32-24-15-9-10-16-25(24)33-20-26(31)28-17-23-19-30(18-21-11-5-3-6-12-21)29-27(23)22-13-7-4-8-14-22/h3-16,19H,2,17-18,20H2,1H3,(H,28,31). The van der Waals surface area contributed by atoms with E-state index in [1.54, 1.807) is 6.07 Å². The van der Waals surface area contributed by atoms with Crippen molar-refractivity contribution in [3.8, 4) is 22.8 Å². The second-order valence-electron chi connectivity index (χ2n) is 7.50. The molecule has 0 spiro atoms. The molecule has 4 rings (SSSR count). The van der Waals surface area contributed by atoms with Crippen LogP contribution in [0.2, 0.25) is 0 Å². The first-order valence-corrected chi connectivity index (χ1v) is 11.0. The number of nitrogens with one attached hydrogen (secondary N) is 1. The highest BCUT2D eigenvalue weighted by Gasteiger charge is 2.13. The first-order chi connectivity index (χ1) is 16.2. The Morgan fingerprint density at radius 1 is 0.879 bits per heavy atom. The van der Waals surface area contributed by atoms with Gasteiger partial charge in [0, 0.05) is 23.9 Å². The maximum absolute atomic E-state index is 12.5. The van der Waals surface area contributed by atoms with Crippen molar-refractivity contribution in [2.24, 2.45) is 0 Å². The zero-order valence-corrected chi connectivity index (χ0v) is 18.6. The number of carbonyl (C=O) groups excluding carboxylic acids is 1. The SMILES string of the molecule is CCOc1ccccc1OCC(=O)NCc1cn(Cc2ccccc2)nc1-c1ccccc1. The van der Waals surface area contributed by atoms with Gasteiger partial charge in [0.1, 0.15) is 0 Å². The van der Waals surface area contributed by atoms with Crippen LogP contribution in [0.15, 0.2) is 91.1 Å². The van der Waals surface area contributed by atoms with Crippen LogP contribution in [0.4, 0.5) is 0 Å². The summed E-state index contributed by atoms with van der Waals surface area (Å²) in [4.78, 5) is 12.5. The lowest BCUT2D eigenvalue weighted by atomic mass is 10.1. The average molecular weight is 442 g/mol. The first kappa shape index (κ1) is 22.1. The van der Waals surface area contributed by atoms with Gasteiger partial charge in [0.15, 0.2) is 18.1 Å². The van der Waals surface area contributed by atoms with Gasteiger partial charge in [-0.25, -0.2) is 0 Å². The van der Waals surface area contributed by atoms with E-state index in [9.17, 15) is 4.79 Å². The van der Waals surface area contributed by atoms with E-state index in [2.05, 4.69) is 17.4 Å². The molecule has 3 aromatic carbocycles. The Labute approximate surface area is 193 Å². The number of hydrogen-bond donors (Lipinski definition) is 1. The molecule has 0 fully saturated rings. The number of ether oxygens (including phenoxy) is 2. The minimum atomic E-state index is -0.212. The predicted octanol–water partition coefficient (Wildman–Crippen LogP) is 4.69. The molecule has 33 heavy (non-hydrogen) atoms. The van der Waals surface area contributed by atoms with Crippen molar-refractivity contribution in [2.75, 3.05) is 13.2 Å². The number of amides is 1. The molecule has 0 radical (unpaired) electrons. The molecule has 168 valence electrons. The maximum Gasteiger partial charge on any atom is 0.258 e. The third kappa shape index (κ3) is 6.01. The molecule has 0 atom stereocenters. The van der Waals surface area contributed by atoms with Crippen molar-refractivity contribution in [2.45, 2.75) is 20.0 Å². The minimum Gasteiger partial charge on any atom is -0.490 e. The quantitative estimate of drug-likeness (QED) is 0.388. The molecule has 0 aliphatic heterocycles. The first-order valence-electron chi connectivity index (χ1n) is 11.0. The monoisotopic (exact) mass is 441 g/mol. The van der Waals surface area contributed by atoms with Crippen molar-refractivity contribution in [3.05, 3.63) is 102 Å². The number of para-hydroxylation sites is 2. The van der Waals surface area contributed by atoms with Crippen LogP contribution in [-0.4, -0.2) is 28.9 Å². The van der Waals surface area contributed by atoms with Crippen LogP contribution in [-0.2, 0) is 17.9 Å². The Balaban J connectivity index is 1.44. The smallest absolute Gasteiger partial charge is 0.258 e. The predicted molar refractivity (Wildman–Crippen MR) is 128 cm³/mol. The van der Waals surface area contributed by atoms with E-state index in [-0.39, 0.29) is 12.5 Å². The van der Waals surface area contributed by atoms with Gasteiger partial charge in [0.05, 0.1) is 18.8 Å². The summed E-state index contributed by atoms with van der Waals surface area (Å²) in [6.07, 6.45) is 1.99. The van der Waals surface area contributed by atoms with Crippen molar-refractivity contribution in [1.29, 1.82) is 0 Å². The fourth-order valence-corrected chi connectivity index (χ4v) is 3.51. The fourth-order valence-electron chi connectivity index (χ4n) is 3.51. The van der Waals surface area contributed by atoms with E-state index in [1.807, 2.05) is 84.5 Å².